The second-order valence-corrected chi connectivity index (χ2v) is 9.94. The van der Waals surface area contributed by atoms with Crippen LogP contribution in [0, 0.1) is 5.92 Å². The number of carbonyl (C=O) groups is 1. The highest BCUT2D eigenvalue weighted by atomic mass is 32.2. The Labute approximate surface area is 148 Å². The minimum absolute atomic E-state index is 0.0286. The number of rotatable bonds is 7. The van der Waals surface area contributed by atoms with Crippen molar-refractivity contribution in [1.29, 1.82) is 0 Å². The highest BCUT2D eigenvalue weighted by Crippen LogP contribution is 2.26. The first-order valence-corrected chi connectivity index (χ1v) is 11.0. The van der Waals surface area contributed by atoms with Crippen molar-refractivity contribution < 1.29 is 18.3 Å². The van der Waals surface area contributed by atoms with E-state index in [2.05, 4.69) is 5.32 Å². The summed E-state index contributed by atoms with van der Waals surface area (Å²) in [5, 5.41) is 12.8. The first-order valence-electron chi connectivity index (χ1n) is 8.14. The molecule has 24 heavy (non-hydrogen) atoms. The molecule has 0 bridgehead atoms. The van der Waals surface area contributed by atoms with E-state index in [0.717, 1.165) is 5.56 Å². The van der Waals surface area contributed by atoms with E-state index in [9.17, 15) is 18.3 Å². The van der Waals surface area contributed by atoms with Gasteiger partial charge in [-0.25, -0.2) is 8.42 Å². The Morgan fingerprint density at radius 2 is 2.00 bits per heavy atom. The van der Waals surface area contributed by atoms with Gasteiger partial charge in [0.1, 0.15) is 0 Å². The fraction of sp³-hybridized carbons (Fsp3) is 0.588. The fourth-order valence-electron chi connectivity index (χ4n) is 2.73. The third kappa shape index (κ3) is 5.50. The number of benzene rings is 1. The van der Waals surface area contributed by atoms with Gasteiger partial charge in [0.25, 0.3) is 0 Å². The standard InChI is InChI=1S/C17H25NO4S2/c1-12(2)16(17(20)18-14-8-9-24(21,22)11-14)23-10-15(19)13-6-4-3-5-7-13/h3-7,12,14-16,19H,8-11H2,1-2H3,(H,18,20). The van der Waals surface area contributed by atoms with E-state index >= 15 is 0 Å². The van der Waals surface area contributed by atoms with Crippen molar-refractivity contribution in [3.63, 3.8) is 0 Å². The minimum atomic E-state index is -3.01. The Kier molecular flexibility index (Phi) is 6.71. The van der Waals surface area contributed by atoms with E-state index in [-0.39, 0.29) is 34.6 Å². The lowest BCUT2D eigenvalue weighted by atomic mass is 10.1. The molecule has 2 N–H and O–H groups in total. The number of nitrogens with one attached hydrogen (secondary N) is 1. The average molecular weight is 372 g/mol. The van der Waals surface area contributed by atoms with E-state index < -0.39 is 15.9 Å². The SMILES string of the molecule is CC(C)C(SCC(O)c1ccccc1)C(=O)NC1CCS(=O)(=O)C1. The lowest BCUT2D eigenvalue weighted by Gasteiger charge is -2.23. The average Bonchev–Trinajstić information content (AvgIpc) is 2.86. The number of carbonyl (C=O) groups excluding carboxylic acids is 1. The molecule has 7 heteroatoms. The summed E-state index contributed by atoms with van der Waals surface area (Å²) in [6, 6.07) is 9.07. The molecule has 0 aliphatic carbocycles. The molecule has 1 saturated heterocycles. The van der Waals surface area contributed by atoms with Crippen molar-refractivity contribution in [2.24, 2.45) is 5.92 Å². The summed E-state index contributed by atoms with van der Waals surface area (Å²) in [5.41, 5.74) is 0.829. The first-order chi connectivity index (χ1) is 11.3. The van der Waals surface area contributed by atoms with Crippen LogP contribution in [0.1, 0.15) is 31.9 Å². The minimum Gasteiger partial charge on any atom is -0.388 e. The quantitative estimate of drug-likeness (QED) is 0.763. The van der Waals surface area contributed by atoms with Gasteiger partial charge in [-0.05, 0) is 17.9 Å². The summed E-state index contributed by atoms with van der Waals surface area (Å²) in [4.78, 5) is 12.5. The van der Waals surface area contributed by atoms with Crippen LogP contribution in [0.2, 0.25) is 0 Å². The molecule has 1 aromatic rings. The Hall–Kier alpha value is -1.05. The van der Waals surface area contributed by atoms with Gasteiger partial charge in [0.15, 0.2) is 9.84 Å². The number of aliphatic hydroxyl groups excluding tert-OH is 1. The zero-order valence-corrected chi connectivity index (χ0v) is 15.6. The van der Waals surface area contributed by atoms with Crippen molar-refractivity contribution in [3.05, 3.63) is 35.9 Å². The molecule has 1 amide bonds. The Morgan fingerprint density at radius 1 is 1.33 bits per heavy atom. The topological polar surface area (TPSA) is 83.5 Å². The van der Waals surface area contributed by atoms with Crippen LogP contribution in [-0.4, -0.2) is 48.0 Å². The zero-order chi connectivity index (χ0) is 17.7. The number of thioether (sulfide) groups is 1. The van der Waals surface area contributed by atoms with Crippen LogP contribution in [0.15, 0.2) is 30.3 Å². The maximum Gasteiger partial charge on any atom is 0.233 e. The molecule has 0 radical (unpaired) electrons. The molecule has 0 aromatic heterocycles. The molecule has 1 fully saturated rings. The van der Waals surface area contributed by atoms with Crippen LogP contribution < -0.4 is 5.32 Å². The van der Waals surface area contributed by atoms with E-state index in [4.69, 9.17) is 0 Å². The highest BCUT2D eigenvalue weighted by Gasteiger charge is 2.32. The third-order valence-electron chi connectivity index (χ3n) is 4.06. The second kappa shape index (κ2) is 8.36. The molecule has 1 aliphatic rings. The van der Waals surface area contributed by atoms with Gasteiger partial charge in [-0.3, -0.25) is 4.79 Å². The first kappa shape index (κ1) is 19.3. The van der Waals surface area contributed by atoms with Gasteiger partial charge < -0.3 is 10.4 Å². The molecule has 1 aliphatic heterocycles. The molecule has 0 spiro atoms. The summed E-state index contributed by atoms with van der Waals surface area (Å²) in [5.74, 6) is 0.544. The largest absolute Gasteiger partial charge is 0.388 e. The molecule has 5 nitrogen and oxygen atoms in total. The molecule has 3 atom stereocenters. The number of hydrogen-bond acceptors (Lipinski definition) is 5. The maximum absolute atomic E-state index is 12.5. The molecule has 0 saturated carbocycles. The summed E-state index contributed by atoms with van der Waals surface area (Å²) in [6.07, 6.45) is -0.145. The van der Waals surface area contributed by atoms with Crippen molar-refractivity contribution in [1.82, 2.24) is 5.32 Å². The predicted octanol–water partition coefficient (Wildman–Crippen LogP) is 1.78. The van der Waals surface area contributed by atoms with Crippen molar-refractivity contribution in [2.75, 3.05) is 17.3 Å². The number of amides is 1. The molecular weight excluding hydrogens is 346 g/mol. The molecular formula is C17H25NO4S2. The number of sulfone groups is 1. The maximum atomic E-state index is 12.5. The van der Waals surface area contributed by atoms with Gasteiger partial charge in [-0.1, -0.05) is 44.2 Å². The molecule has 1 heterocycles. The monoisotopic (exact) mass is 371 g/mol. The van der Waals surface area contributed by atoms with Gasteiger partial charge in [0.05, 0.1) is 22.9 Å². The Morgan fingerprint density at radius 3 is 2.54 bits per heavy atom. The summed E-state index contributed by atoms with van der Waals surface area (Å²) < 4.78 is 23.0. The zero-order valence-electron chi connectivity index (χ0n) is 14.0. The molecule has 3 unspecified atom stereocenters. The summed E-state index contributed by atoms with van der Waals surface area (Å²) >= 11 is 1.41. The van der Waals surface area contributed by atoms with Crippen LogP contribution in [0.5, 0.6) is 0 Å². The van der Waals surface area contributed by atoms with E-state index in [0.29, 0.717) is 12.2 Å². The van der Waals surface area contributed by atoms with Crippen LogP contribution in [0.25, 0.3) is 0 Å². The summed E-state index contributed by atoms with van der Waals surface area (Å²) in [6.45, 7) is 3.91. The Bertz CT molecular complexity index is 646. The fourth-order valence-corrected chi connectivity index (χ4v) is 5.59. The molecule has 1 aromatic carbocycles. The third-order valence-corrected chi connectivity index (χ3v) is 7.45. The number of hydrogen-bond donors (Lipinski definition) is 2. The van der Waals surface area contributed by atoms with Gasteiger partial charge in [0.2, 0.25) is 5.91 Å². The smallest absolute Gasteiger partial charge is 0.233 e. The van der Waals surface area contributed by atoms with Crippen LogP contribution >= 0.6 is 11.8 Å². The molecule has 134 valence electrons. The van der Waals surface area contributed by atoms with E-state index in [1.807, 2.05) is 44.2 Å². The van der Waals surface area contributed by atoms with Crippen LogP contribution in [0.3, 0.4) is 0 Å². The normalized spacial score (nSPS) is 22.2. The second-order valence-electron chi connectivity index (χ2n) is 6.53. The predicted molar refractivity (Wildman–Crippen MR) is 97.7 cm³/mol. The van der Waals surface area contributed by atoms with Crippen molar-refractivity contribution >= 4 is 27.5 Å². The number of aliphatic hydroxyl groups is 1. The van der Waals surface area contributed by atoms with Gasteiger partial charge >= 0.3 is 0 Å². The van der Waals surface area contributed by atoms with Gasteiger partial charge in [-0.2, -0.15) is 0 Å². The van der Waals surface area contributed by atoms with Crippen LogP contribution in [-0.2, 0) is 14.6 Å². The Balaban J connectivity index is 1.90. The van der Waals surface area contributed by atoms with Gasteiger partial charge in [-0.15, -0.1) is 11.8 Å². The van der Waals surface area contributed by atoms with Gasteiger partial charge in [0, 0.05) is 11.8 Å². The lowest BCUT2D eigenvalue weighted by molar-refractivity contribution is -0.121. The lowest BCUT2D eigenvalue weighted by Crippen LogP contribution is -2.42. The van der Waals surface area contributed by atoms with Crippen molar-refractivity contribution in [2.45, 2.75) is 37.7 Å². The van der Waals surface area contributed by atoms with Crippen LogP contribution in [0.4, 0.5) is 0 Å². The van der Waals surface area contributed by atoms with Crippen molar-refractivity contribution in [3.8, 4) is 0 Å². The van der Waals surface area contributed by atoms with E-state index in [1.54, 1.807) is 0 Å². The van der Waals surface area contributed by atoms with E-state index in [1.165, 1.54) is 11.8 Å². The molecule has 2 rings (SSSR count). The summed E-state index contributed by atoms with van der Waals surface area (Å²) in [7, 11) is -3.01. The highest BCUT2D eigenvalue weighted by molar-refractivity contribution is 8.00.